The predicted molar refractivity (Wildman–Crippen MR) is 117 cm³/mol. The molecule has 2 heterocycles. The highest BCUT2D eigenvalue weighted by Crippen LogP contribution is 2.31. The summed E-state index contributed by atoms with van der Waals surface area (Å²) in [4.78, 5) is 10.1. The van der Waals surface area contributed by atoms with Crippen LogP contribution < -0.4 is 0 Å². The number of rotatable bonds is 8. The van der Waals surface area contributed by atoms with Gasteiger partial charge in [-0.3, -0.25) is 0 Å². The molecule has 0 bridgehead atoms. The third-order valence-electron chi connectivity index (χ3n) is 6.33. The molecular weight excluding hydrogens is 330 g/mol. The molecule has 1 saturated heterocycles. The van der Waals surface area contributed by atoms with Crippen molar-refractivity contribution in [1.82, 2.24) is 9.80 Å². The van der Waals surface area contributed by atoms with E-state index in [-0.39, 0.29) is 0 Å². The van der Waals surface area contributed by atoms with Gasteiger partial charge in [-0.1, -0.05) is 32.8 Å². The molecule has 0 aromatic heterocycles. The maximum atomic E-state index is 5.21. The van der Waals surface area contributed by atoms with Crippen LogP contribution >= 0.6 is 0 Å². The molecule has 3 nitrogen and oxygen atoms in total. The Morgan fingerprint density at radius 3 is 2.52 bits per heavy atom. The van der Waals surface area contributed by atoms with Gasteiger partial charge in [0.2, 0.25) is 0 Å². The lowest BCUT2D eigenvalue weighted by molar-refractivity contribution is 0.330. The fourth-order valence-corrected chi connectivity index (χ4v) is 4.70. The van der Waals surface area contributed by atoms with Crippen molar-refractivity contribution in [3.8, 4) is 0 Å². The van der Waals surface area contributed by atoms with E-state index < -0.39 is 0 Å². The normalized spacial score (nSPS) is 22.0. The molecule has 1 saturated carbocycles. The molecule has 3 aliphatic rings. The van der Waals surface area contributed by atoms with E-state index in [1.807, 2.05) is 0 Å². The second-order valence-electron chi connectivity index (χ2n) is 8.67. The van der Waals surface area contributed by atoms with E-state index in [0.717, 1.165) is 26.1 Å². The number of hydrogen-bond donors (Lipinski definition) is 0. The van der Waals surface area contributed by atoms with Crippen LogP contribution in [0.3, 0.4) is 0 Å². The Morgan fingerprint density at radius 1 is 1.07 bits per heavy atom. The predicted octanol–water partition coefficient (Wildman–Crippen LogP) is 5.56. The minimum absolute atomic E-state index is 0.647. The average Bonchev–Trinajstić information content (AvgIpc) is 3.15. The Labute approximate surface area is 166 Å². The van der Waals surface area contributed by atoms with Gasteiger partial charge in [0.15, 0.2) is 0 Å². The molecule has 0 aromatic carbocycles. The van der Waals surface area contributed by atoms with Crippen LogP contribution in [-0.2, 0) is 0 Å². The molecule has 3 heteroatoms. The smallest absolute Gasteiger partial charge is 0.129 e. The molecule has 2 aliphatic heterocycles. The summed E-state index contributed by atoms with van der Waals surface area (Å²) in [6.07, 6.45) is 17.5. The largest absolute Gasteiger partial charge is 0.357 e. The summed E-state index contributed by atoms with van der Waals surface area (Å²) in [7, 11) is 2.24. The van der Waals surface area contributed by atoms with Crippen molar-refractivity contribution < 1.29 is 0 Å². The van der Waals surface area contributed by atoms with Crippen molar-refractivity contribution in [2.75, 3.05) is 33.2 Å². The van der Waals surface area contributed by atoms with E-state index in [0.29, 0.717) is 5.92 Å². The van der Waals surface area contributed by atoms with Crippen molar-refractivity contribution in [3.63, 3.8) is 0 Å². The molecule has 2 fully saturated rings. The highest BCUT2D eigenvalue weighted by molar-refractivity contribution is 5.99. The lowest BCUT2D eigenvalue weighted by Gasteiger charge is -2.24. The highest BCUT2D eigenvalue weighted by Gasteiger charge is 2.23. The number of allylic oxidation sites excluding steroid dienone is 4. The van der Waals surface area contributed by atoms with Gasteiger partial charge < -0.3 is 9.80 Å². The van der Waals surface area contributed by atoms with Gasteiger partial charge in [-0.25, -0.2) is 4.99 Å². The van der Waals surface area contributed by atoms with Gasteiger partial charge in [0.1, 0.15) is 5.82 Å². The molecule has 0 spiro atoms. The van der Waals surface area contributed by atoms with E-state index in [1.165, 1.54) is 87.0 Å². The van der Waals surface area contributed by atoms with E-state index >= 15 is 0 Å². The fourth-order valence-electron chi connectivity index (χ4n) is 4.70. The molecule has 150 valence electrons. The van der Waals surface area contributed by atoms with Crippen molar-refractivity contribution in [3.05, 3.63) is 35.7 Å². The van der Waals surface area contributed by atoms with Crippen LogP contribution in [0.25, 0.3) is 0 Å². The second kappa shape index (κ2) is 10.3. The van der Waals surface area contributed by atoms with Crippen LogP contribution in [0.15, 0.2) is 40.7 Å². The highest BCUT2D eigenvalue weighted by atomic mass is 15.2. The molecule has 0 aromatic rings. The summed E-state index contributed by atoms with van der Waals surface area (Å²) < 4.78 is 0. The first-order valence-corrected chi connectivity index (χ1v) is 11.3. The van der Waals surface area contributed by atoms with E-state index in [4.69, 9.17) is 4.99 Å². The molecule has 0 radical (unpaired) electrons. The lowest BCUT2D eigenvalue weighted by Crippen LogP contribution is -2.21. The monoisotopic (exact) mass is 369 g/mol. The molecule has 3 rings (SSSR count). The Hall–Kier alpha value is -1.35. The quantitative estimate of drug-likeness (QED) is 0.557. The molecule has 0 unspecified atom stereocenters. The first-order chi connectivity index (χ1) is 13.2. The van der Waals surface area contributed by atoms with E-state index in [2.05, 4.69) is 42.5 Å². The molecular formula is C24H39N3. The Kier molecular flexibility index (Phi) is 7.75. The van der Waals surface area contributed by atoms with Gasteiger partial charge in [-0.2, -0.15) is 0 Å². The standard InChI is InChI=1S/C24H39N3/c1-4-14-26(3)15-10-13-22-19-23(21-11-6-5-7-12-21)25-24(18-20(22)2)27-16-8-9-17-27/h18-19,21H,2,4-17H2,1,3H3. The average molecular weight is 370 g/mol. The molecule has 0 atom stereocenters. The molecule has 0 N–H and O–H groups in total. The van der Waals surface area contributed by atoms with Crippen molar-refractivity contribution in [2.24, 2.45) is 10.9 Å². The maximum Gasteiger partial charge on any atom is 0.129 e. The zero-order valence-electron chi connectivity index (χ0n) is 17.7. The zero-order chi connectivity index (χ0) is 19.1. The van der Waals surface area contributed by atoms with Gasteiger partial charge in [0, 0.05) is 24.7 Å². The summed E-state index contributed by atoms with van der Waals surface area (Å²) >= 11 is 0. The maximum absolute atomic E-state index is 5.21. The first kappa shape index (κ1) is 20.4. The third-order valence-corrected chi connectivity index (χ3v) is 6.33. The number of nitrogens with zero attached hydrogens (tertiary/aromatic N) is 3. The summed E-state index contributed by atoms with van der Waals surface area (Å²) in [6, 6.07) is 0. The number of aliphatic imine (C=N–C) groups is 1. The molecule has 0 amide bonds. The minimum atomic E-state index is 0.647. The van der Waals surface area contributed by atoms with Crippen molar-refractivity contribution in [1.29, 1.82) is 0 Å². The fraction of sp³-hybridized carbons (Fsp3) is 0.708. The summed E-state index contributed by atoms with van der Waals surface area (Å²) in [5.74, 6) is 1.82. The summed E-state index contributed by atoms with van der Waals surface area (Å²) in [5, 5.41) is 0. The topological polar surface area (TPSA) is 18.8 Å². The van der Waals surface area contributed by atoms with Crippen LogP contribution in [0, 0.1) is 5.92 Å². The number of hydrogen-bond acceptors (Lipinski definition) is 3. The zero-order valence-corrected chi connectivity index (χ0v) is 17.7. The second-order valence-corrected chi connectivity index (χ2v) is 8.67. The Balaban J connectivity index is 1.74. The molecule has 27 heavy (non-hydrogen) atoms. The van der Waals surface area contributed by atoms with Gasteiger partial charge in [0.05, 0.1) is 0 Å². The van der Waals surface area contributed by atoms with E-state index in [1.54, 1.807) is 0 Å². The first-order valence-electron chi connectivity index (χ1n) is 11.3. The third kappa shape index (κ3) is 5.81. The molecule has 1 aliphatic carbocycles. The number of likely N-dealkylation sites (tertiary alicyclic amines) is 1. The van der Waals surface area contributed by atoms with Crippen LogP contribution in [0.1, 0.15) is 71.1 Å². The van der Waals surface area contributed by atoms with Crippen LogP contribution in [-0.4, -0.2) is 48.7 Å². The van der Waals surface area contributed by atoms with Crippen molar-refractivity contribution >= 4 is 5.71 Å². The van der Waals surface area contributed by atoms with Crippen molar-refractivity contribution in [2.45, 2.75) is 71.1 Å². The van der Waals surface area contributed by atoms with Gasteiger partial charge in [0.25, 0.3) is 0 Å². The van der Waals surface area contributed by atoms with Gasteiger partial charge >= 0.3 is 0 Å². The van der Waals surface area contributed by atoms with E-state index in [9.17, 15) is 0 Å². The Morgan fingerprint density at radius 2 is 1.81 bits per heavy atom. The summed E-state index contributed by atoms with van der Waals surface area (Å²) in [6.45, 7) is 11.3. The van der Waals surface area contributed by atoms with Crippen LogP contribution in [0.5, 0.6) is 0 Å². The lowest BCUT2D eigenvalue weighted by atomic mass is 9.84. The summed E-state index contributed by atoms with van der Waals surface area (Å²) in [5.41, 5.74) is 3.94. The SMILES string of the molecule is C=C1C=C(N2CCCC2)N=C(C2CCCCC2)C=C1CCCN(C)CCC. The van der Waals surface area contributed by atoms with Gasteiger partial charge in [-0.15, -0.1) is 0 Å². The van der Waals surface area contributed by atoms with Gasteiger partial charge in [-0.05, 0) is 88.4 Å². The minimum Gasteiger partial charge on any atom is -0.357 e. The Bertz CT molecular complexity index is 587. The van der Waals surface area contributed by atoms with Crippen LogP contribution in [0.2, 0.25) is 0 Å². The van der Waals surface area contributed by atoms with Crippen LogP contribution in [0.4, 0.5) is 0 Å².